The average Bonchev–Trinajstić information content (AvgIpc) is 2.86. The van der Waals surface area contributed by atoms with Gasteiger partial charge in [-0.15, -0.1) is 0 Å². The lowest BCUT2D eigenvalue weighted by atomic mass is 10.0. The number of rotatable bonds is 3. The molecule has 0 N–H and O–H groups in total. The van der Waals surface area contributed by atoms with E-state index in [1.54, 1.807) is 12.1 Å². The molecule has 0 saturated carbocycles. The molecule has 2 nitrogen and oxygen atoms in total. The average molecular weight is 322 g/mol. The summed E-state index contributed by atoms with van der Waals surface area (Å²) >= 11 is 0. The summed E-state index contributed by atoms with van der Waals surface area (Å²) in [5.41, 5.74) is 6.81. The number of fused-ring (bicyclic) bond motifs is 3. The van der Waals surface area contributed by atoms with Gasteiger partial charge in [0.2, 0.25) is 0 Å². The molecule has 0 fully saturated rings. The minimum atomic E-state index is -0.167. The highest BCUT2D eigenvalue weighted by atomic mass is 19.1. The van der Waals surface area contributed by atoms with E-state index in [-0.39, 0.29) is 5.82 Å². The van der Waals surface area contributed by atoms with Crippen LogP contribution in [-0.2, 0) is 25.9 Å². The molecule has 0 saturated heterocycles. The lowest BCUT2D eigenvalue weighted by Gasteiger charge is -2.24. The zero-order valence-electron chi connectivity index (χ0n) is 14.3. The van der Waals surface area contributed by atoms with Crippen LogP contribution < -0.4 is 0 Å². The van der Waals surface area contributed by atoms with Crippen LogP contribution in [0.3, 0.4) is 0 Å². The minimum absolute atomic E-state index is 0.167. The lowest BCUT2D eigenvalue weighted by molar-refractivity contribution is 0.303. The molecule has 0 atom stereocenters. The quantitative estimate of drug-likeness (QED) is 0.697. The van der Waals surface area contributed by atoms with E-state index in [2.05, 4.69) is 41.6 Å². The normalized spacial score (nSPS) is 15.0. The Morgan fingerprint density at radius 3 is 2.67 bits per heavy atom. The van der Waals surface area contributed by atoms with Gasteiger partial charge < -0.3 is 9.47 Å². The first kappa shape index (κ1) is 15.4. The molecule has 0 radical (unpaired) electrons. The molecule has 3 aromatic rings. The number of aromatic nitrogens is 1. The van der Waals surface area contributed by atoms with Gasteiger partial charge in [-0.3, -0.25) is 0 Å². The molecule has 0 bridgehead atoms. The summed E-state index contributed by atoms with van der Waals surface area (Å²) in [4.78, 5) is 2.39. The second kappa shape index (κ2) is 6.06. The third-order valence-electron chi connectivity index (χ3n) is 5.14. The number of hydrogen-bond acceptors (Lipinski definition) is 1. The highest BCUT2D eigenvalue weighted by Crippen LogP contribution is 2.31. The molecule has 1 aromatic heterocycles. The Balaban J connectivity index is 1.73. The fourth-order valence-electron chi connectivity index (χ4n) is 3.84. The van der Waals surface area contributed by atoms with Crippen molar-refractivity contribution >= 4 is 10.9 Å². The van der Waals surface area contributed by atoms with Gasteiger partial charge in [-0.05, 0) is 62.2 Å². The number of halogens is 1. The topological polar surface area (TPSA) is 8.17 Å². The van der Waals surface area contributed by atoms with Crippen LogP contribution in [0.25, 0.3) is 10.9 Å². The van der Waals surface area contributed by atoms with Crippen LogP contribution in [-0.4, -0.2) is 23.1 Å². The molecule has 2 aromatic carbocycles. The SMILES string of the molecule is Cc1ccc2c(c1)c1c(n2CCc2ccc(F)cc2)CN(C)CC1. The van der Waals surface area contributed by atoms with Gasteiger partial charge in [0.05, 0.1) is 0 Å². The fourth-order valence-corrected chi connectivity index (χ4v) is 3.84. The summed E-state index contributed by atoms with van der Waals surface area (Å²) in [6.07, 6.45) is 2.05. The van der Waals surface area contributed by atoms with E-state index < -0.39 is 0 Å². The van der Waals surface area contributed by atoms with E-state index >= 15 is 0 Å². The third-order valence-corrected chi connectivity index (χ3v) is 5.14. The maximum atomic E-state index is 13.1. The Morgan fingerprint density at radius 2 is 1.88 bits per heavy atom. The van der Waals surface area contributed by atoms with Gasteiger partial charge in [0.25, 0.3) is 0 Å². The van der Waals surface area contributed by atoms with Gasteiger partial charge in [-0.2, -0.15) is 0 Å². The largest absolute Gasteiger partial charge is 0.343 e. The zero-order chi connectivity index (χ0) is 16.7. The number of nitrogens with zero attached hydrogens (tertiary/aromatic N) is 2. The summed E-state index contributed by atoms with van der Waals surface area (Å²) in [5.74, 6) is -0.167. The second-order valence-electron chi connectivity index (χ2n) is 6.96. The van der Waals surface area contributed by atoms with Crippen LogP contribution in [0.15, 0.2) is 42.5 Å². The number of benzene rings is 2. The Hall–Kier alpha value is -2.13. The number of aryl methyl sites for hydroxylation is 3. The third kappa shape index (κ3) is 2.73. The van der Waals surface area contributed by atoms with E-state index in [0.29, 0.717) is 0 Å². The fraction of sp³-hybridized carbons (Fsp3) is 0.333. The minimum Gasteiger partial charge on any atom is -0.343 e. The first-order valence-electron chi connectivity index (χ1n) is 8.65. The summed E-state index contributed by atoms with van der Waals surface area (Å²) in [6.45, 7) is 5.23. The summed E-state index contributed by atoms with van der Waals surface area (Å²) in [6, 6.07) is 13.7. The summed E-state index contributed by atoms with van der Waals surface area (Å²) < 4.78 is 15.6. The van der Waals surface area contributed by atoms with Crippen LogP contribution in [0.1, 0.15) is 22.4 Å². The van der Waals surface area contributed by atoms with Crippen LogP contribution in [0, 0.1) is 12.7 Å². The van der Waals surface area contributed by atoms with Gasteiger partial charge >= 0.3 is 0 Å². The molecule has 0 aliphatic carbocycles. The molecular weight excluding hydrogens is 299 g/mol. The molecule has 1 aliphatic heterocycles. The van der Waals surface area contributed by atoms with Crippen molar-refractivity contribution in [1.29, 1.82) is 0 Å². The molecule has 0 unspecified atom stereocenters. The number of hydrogen-bond donors (Lipinski definition) is 0. The first-order chi connectivity index (χ1) is 11.6. The lowest BCUT2D eigenvalue weighted by Crippen LogP contribution is -2.28. The Bertz CT molecular complexity index is 877. The van der Waals surface area contributed by atoms with Gasteiger partial charge in [0, 0.05) is 36.2 Å². The second-order valence-corrected chi connectivity index (χ2v) is 6.96. The van der Waals surface area contributed by atoms with E-state index in [9.17, 15) is 4.39 Å². The van der Waals surface area contributed by atoms with Crippen molar-refractivity contribution in [3.63, 3.8) is 0 Å². The van der Waals surface area contributed by atoms with Gasteiger partial charge in [-0.25, -0.2) is 4.39 Å². The zero-order valence-corrected chi connectivity index (χ0v) is 14.3. The van der Waals surface area contributed by atoms with E-state index in [4.69, 9.17) is 0 Å². The summed E-state index contributed by atoms with van der Waals surface area (Å²) in [7, 11) is 2.19. The molecule has 1 aliphatic rings. The van der Waals surface area contributed by atoms with Crippen molar-refractivity contribution in [2.24, 2.45) is 0 Å². The van der Waals surface area contributed by atoms with Gasteiger partial charge in [0.1, 0.15) is 5.82 Å². The monoisotopic (exact) mass is 322 g/mol. The van der Waals surface area contributed by atoms with Crippen molar-refractivity contribution in [3.8, 4) is 0 Å². The Kier molecular flexibility index (Phi) is 3.89. The molecule has 2 heterocycles. The molecule has 24 heavy (non-hydrogen) atoms. The maximum absolute atomic E-state index is 13.1. The molecule has 3 heteroatoms. The van der Waals surface area contributed by atoms with Crippen LogP contribution >= 0.6 is 0 Å². The van der Waals surface area contributed by atoms with E-state index in [1.807, 2.05) is 12.1 Å². The van der Waals surface area contributed by atoms with Crippen LogP contribution in [0.5, 0.6) is 0 Å². The van der Waals surface area contributed by atoms with Gasteiger partial charge in [0.15, 0.2) is 0 Å². The highest BCUT2D eigenvalue weighted by molar-refractivity contribution is 5.86. The molecule has 4 rings (SSSR count). The predicted molar refractivity (Wildman–Crippen MR) is 96.8 cm³/mol. The Labute approximate surface area is 142 Å². The smallest absolute Gasteiger partial charge is 0.123 e. The summed E-state index contributed by atoms with van der Waals surface area (Å²) in [5, 5.41) is 1.41. The van der Waals surface area contributed by atoms with Crippen molar-refractivity contribution in [2.75, 3.05) is 13.6 Å². The molecule has 124 valence electrons. The van der Waals surface area contributed by atoms with Crippen molar-refractivity contribution < 1.29 is 4.39 Å². The van der Waals surface area contributed by atoms with E-state index in [0.717, 1.165) is 32.5 Å². The molecule has 0 spiro atoms. The molecular formula is C21H23FN2. The number of likely N-dealkylation sites (N-methyl/N-ethyl adjacent to an activating group) is 1. The standard InChI is InChI=1S/C21H23FN2/c1-15-3-8-20-19(13-15)18-10-11-23(2)14-21(18)24(20)12-9-16-4-6-17(22)7-5-16/h3-8,13H,9-12,14H2,1-2H3. The van der Waals surface area contributed by atoms with Crippen molar-refractivity contribution in [1.82, 2.24) is 9.47 Å². The van der Waals surface area contributed by atoms with Gasteiger partial charge in [-0.1, -0.05) is 23.8 Å². The molecule has 0 amide bonds. The van der Waals surface area contributed by atoms with Crippen molar-refractivity contribution in [2.45, 2.75) is 32.9 Å². The predicted octanol–water partition coefficient (Wildman–Crippen LogP) is 4.32. The van der Waals surface area contributed by atoms with Crippen LogP contribution in [0.4, 0.5) is 4.39 Å². The van der Waals surface area contributed by atoms with Crippen molar-refractivity contribution in [3.05, 3.63) is 70.7 Å². The Morgan fingerprint density at radius 1 is 1.08 bits per heavy atom. The van der Waals surface area contributed by atoms with Crippen LogP contribution in [0.2, 0.25) is 0 Å². The van der Waals surface area contributed by atoms with E-state index in [1.165, 1.54) is 33.3 Å². The maximum Gasteiger partial charge on any atom is 0.123 e. The first-order valence-corrected chi connectivity index (χ1v) is 8.65. The highest BCUT2D eigenvalue weighted by Gasteiger charge is 2.22.